The Morgan fingerprint density at radius 1 is 1.32 bits per heavy atom. The van der Waals surface area contributed by atoms with Gasteiger partial charge in [-0.15, -0.1) is 0 Å². The van der Waals surface area contributed by atoms with Crippen molar-refractivity contribution in [2.45, 2.75) is 17.9 Å². The quantitative estimate of drug-likeness (QED) is 0.891. The van der Waals surface area contributed by atoms with Crippen molar-refractivity contribution in [2.24, 2.45) is 0 Å². The summed E-state index contributed by atoms with van der Waals surface area (Å²) < 4.78 is 44.7. The third-order valence-electron chi connectivity index (χ3n) is 3.00. The smallest absolute Gasteiger partial charge is 0.243 e. The maximum Gasteiger partial charge on any atom is 0.243 e. The largest absolute Gasteiger partial charge is 0.392 e. The highest BCUT2D eigenvalue weighted by Gasteiger charge is 2.27. The van der Waals surface area contributed by atoms with E-state index in [2.05, 4.69) is 0 Å². The molecule has 1 heterocycles. The fraction of sp³-hybridized carbons (Fsp3) is 0.500. The summed E-state index contributed by atoms with van der Waals surface area (Å²) in [7, 11) is -3.80. The van der Waals surface area contributed by atoms with Gasteiger partial charge in [-0.3, -0.25) is 0 Å². The normalized spacial score (nSPS) is 18.2. The molecule has 1 aliphatic heterocycles. The molecule has 0 bridgehead atoms. The van der Waals surface area contributed by atoms with Crippen LogP contribution in [0.3, 0.4) is 0 Å². The van der Waals surface area contributed by atoms with Crippen LogP contribution in [0.5, 0.6) is 0 Å². The molecule has 0 aliphatic carbocycles. The van der Waals surface area contributed by atoms with Crippen LogP contribution in [0.15, 0.2) is 23.1 Å². The van der Waals surface area contributed by atoms with Crippen LogP contribution in [0.25, 0.3) is 0 Å². The first kappa shape index (κ1) is 14.4. The Kier molecular flexibility index (Phi) is 4.51. The number of rotatable bonds is 3. The molecule has 1 fully saturated rings. The summed E-state index contributed by atoms with van der Waals surface area (Å²) in [4.78, 5) is -0.170. The highest BCUT2D eigenvalue weighted by Crippen LogP contribution is 2.22. The van der Waals surface area contributed by atoms with Crippen molar-refractivity contribution >= 4 is 10.0 Å². The van der Waals surface area contributed by atoms with E-state index in [1.165, 1.54) is 10.4 Å². The number of ether oxygens (including phenoxy) is 1. The Morgan fingerprint density at radius 2 is 2.11 bits per heavy atom. The maximum absolute atomic E-state index is 13.3. The molecule has 0 radical (unpaired) electrons. The highest BCUT2D eigenvalue weighted by molar-refractivity contribution is 7.89. The van der Waals surface area contributed by atoms with Crippen LogP contribution in [0.1, 0.15) is 12.0 Å². The number of aliphatic hydroxyl groups excluding tert-OH is 1. The van der Waals surface area contributed by atoms with Crippen molar-refractivity contribution in [1.82, 2.24) is 4.31 Å². The zero-order valence-corrected chi connectivity index (χ0v) is 11.2. The van der Waals surface area contributed by atoms with Crippen LogP contribution < -0.4 is 0 Å². The fourth-order valence-corrected chi connectivity index (χ4v) is 3.69. The van der Waals surface area contributed by atoms with E-state index in [9.17, 15) is 17.9 Å². The minimum absolute atomic E-state index is 0.170. The van der Waals surface area contributed by atoms with E-state index < -0.39 is 22.4 Å². The van der Waals surface area contributed by atoms with Gasteiger partial charge >= 0.3 is 0 Å². The van der Waals surface area contributed by atoms with Crippen molar-refractivity contribution in [2.75, 3.05) is 26.3 Å². The summed E-state index contributed by atoms with van der Waals surface area (Å²) >= 11 is 0. The average Bonchev–Trinajstić information content (AvgIpc) is 2.68. The molecule has 7 heteroatoms. The van der Waals surface area contributed by atoms with Crippen LogP contribution >= 0.6 is 0 Å². The first-order valence-corrected chi connectivity index (χ1v) is 7.47. The molecule has 0 aromatic heterocycles. The molecular formula is C12H16FNO4S. The number of halogens is 1. The van der Waals surface area contributed by atoms with Crippen LogP contribution in [-0.2, 0) is 21.4 Å². The molecule has 2 rings (SSSR count). The number of nitrogens with zero attached hydrogens (tertiary/aromatic N) is 1. The third kappa shape index (κ3) is 3.11. The molecule has 1 aromatic rings. The summed E-state index contributed by atoms with van der Waals surface area (Å²) in [6.45, 7) is 0.970. The molecule has 1 aromatic carbocycles. The summed E-state index contributed by atoms with van der Waals surface area (Å²) in [6, 6.07) is 3.37. The second-order valence-electron chi connectivity index (χ2n) is 4.28. The van der Waals surface area contributed by atoms with Gasteiger partial charge in [0.25, 0.3) is 0 Å². The van der Waals surface area contributed by atoms with E-state index in [1.54, 1.807) is 0 Å². The van der Waals surface area contributed by atoms with E-state index >= 15 is 0 Å². The van der Waals surface area contributed by atoms with Crippen LogP contribution in [-0.4, -0.2) is 44.1 Å². The van der Waals surface area contributed by atoms with E-state index in [1.807, 2.05) is 0 Å². The second-order valence-corrected chi connectivity index (χ2v) is 6.19. The third-order valence-corrected chi connectivity index (χ3v) is 4.98. The van der Waals surface area contributed by atoms with Gasteiger partial charge in [0.2, 0.25) is 10.0 Å². The monoisotopic (exact) mass is 289 g/mol. The van der Waals surface area contributed by atoms with Gasteiger partial charge in [-0.05, 0) is 24.1 Å². The van der Waals surface area contributed by atoms with Gasteiger partial charge in [-0.1, -0.05) is 6.07 Å². The predicted octanol–water partition coefficient (Wildman–Crippen LogP) is 0.729. The van der Waals surface area contributed by atoms with Gasteiger partial charge in [0.05, 0.1) is 18.1 Å². The van der Waals surface area contributed by atoms with Gasteiger partial charge in [0, 0.05) is 19.7 Å². The van der Waals surface area contributed by atoms with Crippen molar-refractivity contribution in [3.05, 3.63) is 29.6 Å². The SMILES string of the molecule is O=S(=O)(c1cc(F)ccc1CO)N1CCCOCC1. The molecule has 0 amide bonds. The molecule has 1 saturated heterocycles. The molecule has 0 saturated carbocycles. The highest BCUT2D eigenvalue weighted by atomic mass is 32.2. The first-order valence-electron chi connectivity index (χ1n) is 6.03. The van der Waals surface area contributed by atoms with Gasteiger partial charge in [0.1, 0.15) is 5.82 Å². The summed E-state index contributed by atoms with van der Waals surface area (Å²) in [5.74, 6) is -0.637. The van der Waals surface area contributed by atoms with Crippen molar-refractivity contribution in [3.8, 4) is 0 Å². The fourth-order valence-electron chi connectivity index (χ4n) is 2.00. The minimum Gasteiger partial charge on any atom is -0.392 e. The lowest BCUT2D eigenvalue weighted by atomic mass is 10.2. The summed E-state index contributed by atoms with van der Waals surface area (Å²) in [6.07, 6.45) is 0.600. The molecule has 0 unspecified atom stereocenters. The zero-order chi connectivity index (χ0) is 13.9. The van der Waals surface area contributed by atoms with E-state index in [0.29, 0.717) is 26.2 Å². The lowest BCUT2D eigenvalue weighted by molar-refractivity contribution is 0.148. The lowest BCUT2D eigenvalue weighted by Gasteiger charge is -2.20. The Morgan fingerprint density at radius 3 is 2.84 bits per heavy atom. The zero-order valence-electron chi connectivity index (χ0n) is 10.4. The van der Waals surface area contributed by atoms with Crippen LogP contribution in [0.2, 0.25) is 0 Å². The Balaban J connectivity index is 2.40. The number of hydrogen-bond acceptors (Lipinski definition) is 4. The molecular weight excluding hydrogens is 273 g/mol. The summed E-state index contributed by atoms with van der Waals surface area (Å²) in [5.41, 5.74) is 0.201. The van der Waals surface area contributed by atoms with Crippen molar-refractivity contribution in [3.63, 3.8) is 0 Å². The van der Waals surface area contributed by atoms with Gasteiger partial charge in [-0.2, -0.15) is 4.31 Å². The minimum atomic E-state index is -3.80. The summed E-state index contributed by atoms with van der Waals surface area (Å²) in [5, 5.41) is 9.20. The number of aliphatic hydroxyl groups is 1. The Bertz CT molecular complexity index is 539. The molecule has 1 aliphatic rings. The second kappa shape index (κ2) is 5.96. The maximum atomic E-state index is 13.3. The number of hydrogen-bond donors (Lipinski definition) is 1. The van der Waals surface area contributed by atoms with Crippen LogP contribution in [0, 0.1) is 5.82 Å². The number of benzene rings is 1. The van der Waals surface area contributed by atoms with Crippen molar-refractivity contribution < 1.29 is 22.7 Å². The molecule has 0 spiro atoms. The first-order chi connectivity index (χ1) is 9.05. The lowest BCUT2D eigenvalue weighted by Crippen LogP contribution is -2.34. The average molecular weight is 289 g/mol. The molecule has 0 atom stereocenters. The van der Waals surface area contributed by atoms with Gasteiger partial charge in [-0.25, -0.2) is 12.8 Å². The van der Waals surface area contributed by atoms with Gasteiger partial charge in [0.15, 0.2) is 0 Å². The van der Waals surface area contributed by atoms with Crippen LogP contribution in [0.4, 0.5) is 4.39 Å². The predicted molar refractivity (Wildman–Crippen MR) is 66.5 cm³/mol. The van der Waals surface area contributed by atoms with Gasteiger partial charge < -0.3 is 9.84 Å². The van der Waals surface area contributed by atoms with E-state index in [0.717, 1.165) is 12.1 Å². The Labute approximate surface area is 111 Å². The Hall–Kier alpha value is -1.02. The molecule has 5 nitrogen and oxygen atoms in total. The molecule has 106 valence electrons. The van der Waals surface area contributed by atoms with E-state index in [4.69, 9.17) is 4.74 Å². The number of sulfonamides is 1. The van der Waals surface area contributed by atoms with E-state index in [-0.39, 0.29) is 17.0 Å². The topological polar surface area (TPSA) is 66.8 Å². The molecule has 1 N–H and O–H groups in total. The molecule has 19 heavy (non-hydrogen) atoms. The van der Waals surface area contributed by atoms with Crippen molar-refractivity contribution in [1.29, 1.82) is 0 Å². The standard InChI is InChI=1S/C12H16FNO4S/c13-11-3-2-10(9-15)12(8-11)19(16,17)14-4-1-6-18-7-5-14/h2-3,8,15H,1,4-7,9H2.